The first-order valence-electron chi connectivity index (χ1n) is 7.28. The highest BCUT2D eigenvalue weighted by Gasteiger charge is 2.09. The molecule has 23 heavy (non-hydrogen) atoms. The van der Waals surface area contributed by atoms with Crippen LogP contribution in [0.1, 0.15) is 16.8 Å². The molecular formula is C16H21N5O2. The highest BCUT2D eigenvalue weighted by Crippen LogP contribution is 2.10. The predicted molar refractivity (Wildman–Crippen MR) is 87.1 cm³/mol. The number of aliphatic carboxylic acids is 1. The predicted octanol–water partition coefficient (Wildman–Crippen LogP) is 1.33. The summed E-state index contributed by atoms with van der Waals surface area (Å²) in [5, 5.41) is 8.77. The molecule has 0 saturated carbocycles. The van der Waals surface area contributed by atoms with Crippen LogP contribution in [0.2, 0.25) is 0 Å². The van der Waals surface area contributed by atoms with E-state index in [1.165, 1.54) is 10.5 Å². The van der Waals surface area contributed by atoms with Crippen molar-refractivity contribution in [2.45, 2.75) is 20.0 Å². The third-order valence-electron chi connectivity index (χ3n) is 3.40. The maximum Gasteiger partial charge on any atom is 0.323 e. The summed E-state index contributed by atoms with van der Waals surface area (Å²) in [6.07, 6.45) is 5.25. The Morgan fingerprint density at radius 1 is 1.17 bits per heavy atom. The second-order valence-electron chi connectivity index (χ2n) is 5.58. The minimum atomic E-state index is -0.911. The third-order valence-corrected chi connectivity index (χ3v) is 3.40. The van der Waals surface area contributed by atoms with Crippen molar-refractivity contribution < 1.29 is 9.90 Å². The first-order valence-corrected chi connectivity index (χ1v) is 7.28. The molecule has 0 aliphatic rings. The fourth-order valence-electron chi connectivity index (χ4n) is 2.21. The summed E-state index contributed by atoms with van der Waals surface area (Å²) in [6, 6.07) is 3.98. The van der Waals surface area contributed by atoms with Crippen LogP contribution in [0.25, 0.3) is 0 Å². The van der Waals surface area contributed by atoms with Crippen molar-refractivity contribution in [3.63, 3.8) is 0 Å². The van der Waals surface area contributed by atoms with Gasteiger partial charge in [-0.3, -0.25) is 14.7 Å². The standard InChI is InChI=1S/C16H21N5O2/c1-12-5-4-6-17-14(12)10-20(2)9-13-7-18-16(19-8-13)21(3)11-15(22)23/h4-8H,9-11H2,1-3H3,(H,22,23). The maximum absolute atomic E-state index is 10.7. The molecule has 0 bridgehead atoms. The molecule has 0 fully saturated rings. The number of carboxylic acids is 1. The average Bonchev–Trinajstić information content (AvgIpc) is 2.49. The molecule has 2 aromatic rings. The number of aryl methyl sites for hydroxylation is 1. The molecule has 2 aromatic heterocycles. The van der Waals surface area contributed by atoms with Gasteiger partial charge in [0.25, 0.3) is 0 Å². The van der Waals surface area contributed by atoms with Crippen LogP contribution in [0.15, 0.2) is 30.7 Å². The summed E-state index contributed by atoms with van der Waals surface area (Å²) in [5.74, 6) is -0.509. The first kappa shape index (κ1) is 16.8. The number of carbonyl (C=O) groups is 1. The zero-order valence-corrected chi connectivity index (χ0v) is 13.6. The van der Waals surface area contributed by atoms with E-state index < -0.39 is 5.97 Å². The van der Waals surface area contributed by atoms with Gasteiger partial charge in [-0.2, -0.15) is 0 Å². The van der Waals surface area contributed by atoms with Crippen molar-refractivity contribution in [3.8, 4) is 0 Å². The topological polar surface area (TPSA) is 82.5 Å². The van der Waals surface area contributed by atoms with Gasteiger partial charge in [0.15, 0.2) is 0 Å². The Morgan fingerprint density at radius 3 is 2.48 bits per heavy atom. The van der Waals surface area contributed by atoms with Crippen LogP contribution in [-0.2, 0) is 17.9 Å². The minimum absolute atomic E-state index is 0.127. The summed E-state index contributed by atoms with van der Waals surface area (Å²) in [4.78, 5) is 27.1. The molecule has 1 N–H and O–H groups in total. The monoisotopic (exact) mass is 315 g/mol. The van der Waals surface area contributed by atoms with Crippen molar-refractivity contribution in [1.29, 1.82) is 0 Å². The van der Waals surface area contributed by atoms with Gasteiger partial charge in [0.05, 0.1) is 5.69 Å². The van der Waals surface area contributed by atoms with Crippen LogP contribution in [-0.4, -0.2) is 51.6 Å². The number of pyridine rings is 1. The van der Waals surface area contributed by atoms with Gasteiger partial charge >= 0.3 is 5.97 Å². The van der Waals surface area contributed by atoms with Gasteiger partial charge in [0, 0.05) is 44.3 Å². The number of rotatable bonds is 7. The number of anilines is 1. The lowest BCUT2D eigenvalue weighted by Gasteiger charge is -2.18. The summed E-state index contributed by atoms with van der Waals surface area (Å²) in [5.41, 5.74) is 3.18. The molecule has 0 spiro atoms. The molecule has 7 heteroatoms. The van der Waals surface area contributed by atoms with Gasteiger partial charge in [-0.05, 0) is 25.6 Å². The molecule has 0 atom stereocenters. The molecule has 2 heterocycles. The van der Waals surface area contributed by atoms with E-state index in [1.807, 2.05) is 26.1 Å². The van der Waals surface area contributed by atoms with Gasteiger partial charge in [0.1, 0.15) is 6.54 Å². The molecule has 0 amide bonds. The normalized spacial score (nSPS) is 10.8. The lowest BCUT2D eigenvalue weighted by molar-refractivity contribution is -0.135. The van der Waals surface area contributed by atoms with Gasteiger partial charge in [-0.25, -0.2) is 9.97 Å². The Hall–Kier alpha value is -2.54. The Labute approximate surface area is 135 Å². The van der Waals surface area contributed by atoms with Crippen LogP contribution >= 0.6 is 0 Å². The number of carboxylic acid groups (broad SMARTS) is 1. The number of hydrogen-bond acceptors (Lipinski definition) is 6. The number of likely N-dealkylation sites (N-methyl/N-ethyl adjacent to an activating group) is 1. The minimum Gasteiger partial charge on any atom is -0.480 e. The molecule has 0 aliphatic heterocycles. The second kappa shape index (κ2) is 7.64. The van der Waals surface area contributed by atoms with Gasteiger partial charge in [0.2, 0.25) is 5.95 Å². The summed E-state index contributed by atoms with van der Waals surface area (Å²) in [6.45, 7) is 3.36. The SMILES string of the molecule is Cc1cccnc1CN(C)Cc1cnc(N(C)CC(=O)O)nc1. The lowest BCUT2D eigenvalue weighted by Crippen LogP contribution is -2.27. The fourth-order valence-corrected chi connectivity index (χ4v) is 2.21. The Kier molecular flexibility index (Phi) is 5.59. The second-order valence-corrected chi connectivity index (χ2v) is 5.58. The molecule has 0 unspecified atom stereocenters. The van der Waals surface area contributed by atoms with Crippen LogP contribution in [0.4, 0.5) is 5.95 Å². The van der Waals surface area contributed by atoms with E-state index in [4.69, 9.17) is 5.11 Å². The van der Waals surface area contributed by atoms with E-state index in [9.17, 15) is 4.79 Å². The van der Waals surface area contributed by atoms with Crippen LogP contribution in [0.5, 0.6) is 0 Å². The van der Waals surface area contributed by atoms with E-state index in [2.05, 4.69) is 19.9 Å². The highest BCUT2D eigenvalue weighted by molar-refractivity contribution is 5.72. The number of aromatic nitrogens is 3. The van der Waals surface area contributed by atoms with Crippen LogP contribution in [0, 0.1) is 6.92 Å². The van der Waals surface area contributed by atoms with Gasteiger partial charge in [-0.15, -0.1) is 0 Å². The Morgan fingerprint density at radius 2 is 1.87 bits per heavy atom. The van der Waals surface area contributed by atoms with E-state index in [0.29, 0.717) is 12.5 Å². The first-order chi connectivity index (χ1) is 11.0. The number of nitrogens with zero attached hydrogens (tertiary/aromatic N) is 5. The third kappa shape index (κ3) is 5.00. The molecule has 0 saturated heterocycles. The number of hydrogen-bond donors (Lipinski definition) is 1. The van der Waals surface area contributed by atoms with E-state index in [-0.39, 0.29) is 6.54 Å². The zero-order valence-electron chi connectivity index (χ0n) is 13.6. The van der Waals surface area contributed by atoms with Gasteiger partial charge < -0.3 is 10.0 Å². The van der Waals surface area contributed by atoms with E-state index in [1.54, 1.807) is 25.6 Å². The van der Waals surface area contributed by atoms with Crippen molar-refractivity contribution in [1.82, 2.24) is 19.9 Å². The molecule has 0 radical (unpaired) electrons. The Balaban J connectivity index is 1.95. The molecular weight excluding hydrogens is 294 g/mol. The highest BCUT2D eigenvalue weighted by atomic mass is 16.4. The summed E-state index contributed by atoms with van der Waals surface area (Å²) >= 11 is 0. The summed E-state index contributed by atoms with van der Waals surface area (Å²) < 4.78 is 0. The zero-order chi connectivity index (χ0) is 16.8. The van der Waals surface area contributed by atoms with E-state index in [0.717, 1.165) is 17.8 Å². The molecule has 0 aromatic carbocycles. The van der Waals surface area contributed by atoms with Crippen molar-refractivity contribution >= 4 is 11.9 Å². The van der Waals surface area contributed by atoms with Crippen LogP contribution in [0.3, 0.4) is 0 Å². The van der Waals surface area contributed by atoms with Crippen molar-refractivity contribution in [2.24, 2.45) is 0 Å². The molecule has 0 aliphatic carbocycles. The van der Waals surface area contributed by atoms with Crippen molar-refractivity contribution in [3.05, 3.63) is 47.5 Å². The summed E-state index contributed by atoms with van der Waals surface area (Å²) in [7, 11) is 3.66. The van der Waals surface area contributed by atoms with Crippen molar-refractivity contribution in [2.75, 3.05) is 25.5 Å². The largest absolute Gasteiger partial charge is 0.480 e. The lowest BCUT2D eigenvalue weighted by atomic mass is 10.2. The van der Waals surface area contributed by atoms with E-state index >= 15 is 0 Å². The average molecular weight is 315 g/mol. The quantitative estimate of drug-likeness (QED) is 0.825. The smallest absolute Gasteiger partial charge is 0.323 e. The van der Waals surface area contributed by atoms with Crippen LogP contribution < -0.4 is 4.90 Å². The van der Waals surface area contributed by atoms with Gasteiger partial charge in [-0.1, -0.05) is 6.07 Å². The Bertz CT molecular complexity index is 660. The molecule has 7 nitrogen and oxygen atoms in total. The molecule has 122 valence electrons. The maximum atomic E-state index is 10.7. The fraction of sp³-hybridized carbons (Fsp3) is 0.375. The molecule has 2 rings (SSSR count).